The summed E-state index contributed by atoms with van der Waals surface area (Å²) in [5.74, 6) is 0. The molecule has 2 amide bonds. The van der Waals surface area contributed by atoms with Gasteiger partial charge < -0.3 is 15.7 Å². The van der Waals surface area contributed by atoms with Gasteiger partial charge in [-0.15, -0.1) is 0 Å². The lowest BCUT2D eigenvalue weighted by Crippen LogP contribution is -2.29. The molecule has 4 heteroatoms. The van der Waals surface area contributed by atoms with Gasteiger partial charge in [0.25, 0.3) is 0 Å². The van der Waals surface area contributed by atoms with E-state index in [2.05, 4.69) is 10.6 Å². The predicted octanol–water partition coefficient (Wildman–Crippen LogP) is 1.71. The fourth-order valence-electron chi connectivity index (χ4n) is 1.16. The van der Waals surface area contributed by atoms with Gasteiger partial charge in [0, 0.05) is 12.2 Å². The summed E-state index contributed by atoms with van der Waals surface area (Å²) in [6.45, 7) is 2.63. The molecule has 0 aromatic heterocycles. The fraction of sp³-hybridized carbons (Fsp3) is 0.364. The summed E-state index contributed by atoms with van der Waals surface area (Å²) in [5, 5.41) is 14.3. The first kappa shape index (κ1) is 11.5. The Hall–Kier alpha value is -1.55. The van der Waals surface area contributed by atoms with Crippen molar-refractivity contribution in [3.8, 4) is 0 Å². The lowest BCUT2D eigenvalue weighted by atomic mass is 10.2. The number of hydrogen-bond acceptors (Lipinski definition) is 2. The number of aliphatic hydroxyl groups excluding tert-OH is 1. The normalized spacial score (nSPS) is 9.73. The molecule has 82 valence electrons. The molecule has 4 nitrogen and oxygen atoms in total. The zero-order valence-electron chi connectivity index (χ0n) is 8.79. The summed E-state index contributed by atoms with van der Waals surface area (Å²) in [5.41, 5.74) is 1.47. The van der Waals surface area contributed by atoms with Crippen LogP contribution in [-0.4, -0.2) is 17.7 Å². The highest BCUT2D eigenvalue weighted by Gasteiger charge is 2.00. The molecule has 0 radical (unpaired) electrons. The van der Waals surface area contributed by atoms with E-state index in [1.54, 1.807) is 24.3 Å². The first-order valence-electron chi connectivity index (χ1n) is 5.01. The maximum Gasteiger partial charge on any atom is 0.319 e. The summed E-state index contributed by atoms with van der Waals surface area (Å²) < 4.78 is 0. The molecular weight excluding hydrogens is 192 g/mol. The monoisotopic (exact) mass is 208 g/mol. The predicted molar refractivity (Wildman–Crippen MR) is 59.7 cm³/mol. The van der Waals surface area contributed by atoms with E-state index < -0.39 is 0 Å². The van der Waals surface area contributed by atoms with Gasteiger partial charge in [-0.1, -0.05) is 19.1 Å². The minimum absolute atomic E-state index is 0.0217. The SMILES string of the molecule is CCCNC(=O)Nc1cccc(CO)c1. The number of nitrogens with one attached hydrogen (secondary N) is 2. The summed E-state index contributed by atoms with van der Waals surface area (Å²) >= 11 is 0. The van der Waals surface area contributed by atoms with Gasteiger partial charge in [-0.3, -0.25) is 0 Å². The number of anilines is 1. The summed E-state index contributed by atoms with van der Waals surface area (Å²) in [6.07, 6.45) is 0.907. The molecule has 1 aromatic carbocycles. The highest BCUT2D eigenvalue weighted by molar-refractivity contribution is 5.89. The minimum atomic E-state index is -0.216. The average molecular weight is 208 g/mol. The van der Waals surface area contributed by atoms with Crippen molar-refractivity contribution < 1.29 is 9.90 Å². The van der Waals surface area contributed by atoms with Gasteiger partial charge in [0.2, 0.25) is 0 Å². The second-order valence-electron chi connectivity index (χ2n) is 3.24. The Kier molecular flexibility index (Phi) is 4.63. The van der Waals surface area contributed by atoms with Crippen molar-refractivity contribution >= 4 is 11.7 Å². The molecule has 0 unspecified atom stereocenters. The molecule has 0 aliphatic heterocycles. The second kappa shape index (κ2) is 6.03. The lowest BCUT2D eigenvalue weighted by molar-refractivity contribution is 0.252. The summed E-state index contributed by atoms with van der Waals surface area (Å²) in [4.78, 5) is 11.3. The first-order chi connectivity index (χ1) is 7.26. The lowest BCUT2D eigenvalue weighted by Gasteiger charge is -2.07. The van der Waals surface area contributed by atoms with E-state index in [1.807, 2.05) is 6.92 Å². The van der Waals surface area contributed by atoms with Crippen LogP contribution in [0.4, 0.5) is 10.5 Å². The van der Waals surface area contributed by atoms with Crippen LogP contribution in [0.2, 0.25) is 0 Å². The maximum atomic E-state index is 11.3. The van der Waals surface area contributed by atoms with Gasteiger partial charge in [-0.25, -0.2) is 4.79 Å². The van der Waals surface area contributed by atoms with Crippen molar-refractivity contribution in [3.63, 3.8) is 0 Å². The highest BCUT2D eigenvalue weighted by Crippen LogP contribution is 2.10. The molecule has 0 bridgehead atoms. The Labute approximate surface area is 89.3 Å². The molecule has 0 fully saturated rings. The Balaban J connectivity index is 2.52. The van der Waals surface area contributed by atoms with Crippen molar-refractivity contribution in [2.24, 2.45) is 0 Å². The smallest absolute Gasteiger partial charge is 0.319 e. The van der Waals surface area contributed by atoms with E-state index in [0.29, 0.717) is 12.2 Å². The van der Waals surface area contributed by atoms with Crippen molar-refractivity contribution in [2.75, 3.05) is 11.9 Å². The second-order valence-corrected chi connectivity index (χ2v) is 3.24. The quantitative estimate of drug-likeness (QED) is 0.705. The molecule has 0 aliphatic carbocycles. The van der Waals surface area contributed by atoms with E-state index in [9.17, 15) is 4.79 Å². The number of rotatable bonds is 4. The third-order valence-electron chi connectivity index (χ3n) is 1.90. The van der Waals surface area contributed by atoms with Crippen LogP contribution in [0.3, 0.4) is 0 Å². The molecule has 3 N–H and O–H groups in total. The Morgan fingerprint density at radius 2 is 2.27 bits per heavy atom. The third-order valence-corrected chi connectivity index (χ3v) is 1.90. The zero-order chi connectivity index (χ0) is 11.1. The molecule has 0 atom stereocenters. The zero-order valence-corrected chi connectivity index (χ0v) is 8.79. The van der Waals surface area contributed by atoms with Crippen LogP contribution in [-0.2, 0) is 6.61 Å². The Morgan fingerprint density at radius 3 is 2.93 bits per heavy atom. The van der Waals surface area contributed by atoms with Gasteiger partial charge in [0.15, 0.2) is 0 Å². The van der Waals surface area contributed by atoms with Gasteiger partial charge >= 0.3 is 6.03 Å². The van der Waals surface area contributed by atoms with Gasteiger partial charge in [-0.2, -0.15) is 0 Å². The molecule has 0 spiro atoms. The van der Waals surface area contributed by atoms with Crippen molar-refractivity contribution in [1.29, 1.82) is 0 Å². The van der Waals surface area contributed by atoms with Crippen molar-refractivity contribution in [3.05, 3.63) is 29.8 Å². The van der Waals surface area contributed by atoms with Crippen LogP contribution in [0.25, 0.3) is 0 Å². The van der Waals surface area contributed by atoms with E-state index in [1.165, 1.54) is 0 Å². The molecule has 1 rings (SSSR count). The van der Waals surface area contributed by atoms with Gasteiger partial charge in [-0.05, 0) is 24.1 Å². The topological polar surface area (TPSA) is 61.4 Å². The number of carbonyl (C=O) groups is 1. The van der Waals surface area contributed by atoms with Crippen LogP contribution in [0.1, 0.15) is 18.9 Å². The number of urea groups is 1. The molecule has 0 saturated heterocycles. The summed E-state index contributed by atoms with van der Waals surface area (Å²) in [6, 6.07) is 6.90. The average Bonchev–Trinajstić information content (AvgIpc) is 2.26. The number of benzene rings is 1. The molecule has 1 aromatic rings. The number of hydrogen-bond donors (Lipinski definition) is 3. The minimum Gasteiger partial charge on any atom is -0.392 e. The largest absolute Gasteiger partial charge is 0.392 e. The molecule has 0 aliphatic rings. The van der Waals surface area contributed by atoms with E-state index in [-0.39, 0.29) is 12.6 Å². The molecular formula is C11H16N2O2. The standard InChI is InChI=1S/C11H16N2O2/c1-2-6-12-11(15)13-10-5-3-4-9(7-10)8-14/h3-5,7,14H,2,6,8H2,1H3,(H2,12,13,15). The molecule has 0 saturated carbocycles. The van der Waals surface area contributed by atoms with Gasteiger partial charge in [0.1, 0.15) is 0 Å². The highest BCUT2D eigenvalue weighted by atomic mass is 16.3. The third kappa shape index (κ3) is 3.99. The van der Waals surface area contributed by atoms with Crippen LogP contribution in [0.15, 0.2) is 24.3 Å². The van der Waals surface area contributed by atoms with Crippen LogP contribution < -0.4 is 10.6 Å². The van der Waals surface area contributed by atoms with Crippen molar-refractivity contribution in [1.82, 2.24) is 5.32 Å². The number of carbonyl (C=O) groups excluding carboxylic acids is 1. The first-order valence-corrected chi connectivity index (χ1v) is 5.01. The Morgan fingerprint density at radius 1 is 1.47 bits per heavy atom. The molecule has 0 heterocycles. The molecule has 15 heavy (non-hydrogen) atoms. The van der Waals surface area contributed by atoms with E-state index >= 15 is 0 Å². The fourth-order valence-corrected chi connectivity index (χ4v) is 1.16. The van der Waals surface area contributed by atoms with Gasteiger partial charge in [0.05, 0.1) is 6.61 Å². The van der Waals surface area contributed by atoms with E-state index in [0.717, 1.165) is 12.0 Å². The van der Waals surface area contributed by atoms with E-state index in [4.69, 9.17) is 5.11 Å². The van der Waals surface area contributed by atoms with Crippen LogP contribution in [0.5, 0.6) is 0 Å². The maximum absolute atomic E-state index is 11.3. The van der Waals surface area contributed by atoms with Crippen LogP contribution >= 0.6 is 0 Å². The van der Waals surface area contributed by atoms with Crippen LogP contribution in [0, 0.1) is 0 Å². The number of amides is 2. The Bertz CT molecular complexity index is 326. The number of aliphatic hydroxyl groups is 1. The van der Waals surface area contributed by atoms with Crippen molar-refractivity contribution in [2.45, 2.75) is 20.0 Å². The summed E-state index contributed by atoms with van der Waals surface area (Å²) in [7, 11) is 0.